The van der Waals surface area contributed by atoms with Gasteiger partial charge in [-0.05, 0) is 6.92 Å². The number of aromatic nitrogens is 2. The van der Waals surface area contributed by atoms with Crippen LogP contribution in [0.1, 0.15) is 12.6 Å². The van der Waals surface area contributed by atoms with E-state index in [1.807, 2.05) is 30.3 Å². The van der Waals surface area contributed by atoms with Crippen molar-refractivity contribution in [1.29, 1.82) is 5.41 Å². The van der Waals surface area contributed by atoms with E-state index in [2.05, 4.69) is 9.97 Å². The SMILES string of the molecule is CC(=N)c1nc(-c2ccccc2)nc(Cl)c1N. The van der Waals surface area contributed by atoms with Gasteiger partial charge < -0.3 is 11.1 Å². The maximum absolute atomic E-state index is 7.60. The lowest BCUT2D eigenvalue weighted by atomic mass is 10.2. The Morgan fingerprint density at radius 1 is 1.24 bits per heavy atom. The maximum atomic E-state index is 7.60. The van der Waals surface area contributed by atoms with Crippen molar-refractivity contribution in [2.45, 2.75) is 6.92 Å². The Morgan fingerprint density at radius 2 is 1.88 bits per heavy atom. The molecule has 0 saturated heterocycles. The number of benzene rings is 1. The summed E-state index contributed by atoms with van der Waals surface area (Å²) >= 11 is 5.94. The Labute approximate surface area is 104 Å². The molecule has 0 aliphatic rings. The maximum Gasteiger partial charge on any atom is 0.161 e. The Kier molecular flexibility index (Phi) is 3.06. The third-order valence-electron chi connectivity index (χ3n) is 2.29. The molecule has 0 aliphatic carbocycles. The van der Waals surface area contributed by atoms with Crippen molar-refractivity contribution in [2.24, 2.45) is 0 Å². The van der Waals surface area contributed by atoms with Crippen LogP contribution in [0.4, 0.5) is 5.69 Å². The zero-order valence-electron chi connectivity index (χ0n) is 9.24. The standard InChI is InChI=1S/C12H11ClN4/c1-7(14)10-9(15)11(13)17-12(16-10)8-5-3-2-4-6-8/h2-6,14H,15H2,1H3. The van der Waals surface area contributed by atoms with Crippen LogP contribution >= 0.6 is 11.6 Å². The second-order valence-corrected chi connectivity index (χ2v) is 3.95. The molecule has 0 fully saturated rings. The van der Waals surface area contributed by atoms with Crippen LogP contribution in [0.2, 0.25) is 5.15 Å². The summed E-state index contributed by atoms with van der Waals surface area (Å²) in [5.74, 6) is 0.478. The Bertz CT molecular complexity index is 566. The summed E-state index contributed by atoms with van der Waals surface area (Å²) in [4.78, 5) is 8.38. The summed E-state index contributed by atoms with van der Waals surface area (Å²) in [5, 5.41) is 7.78. The molecule has 2 aromatic rings. The van der Waals surface area contributed by atoms with Crippen LogP contribution in [-0.4, -0.2) is 15.7 Å². The van der Waals surface area contributed by atoms with E-state index in [1.165, 1.54) is 0 Å². The zero-order chi connectivity index (χ0) is 12.4. The fraction of sp³-hybridized carbons (Fsp3) is 0.0833. The van der Waals surface area contributed by atoms with Gasteiger partial charge >= 0.3 is 0 Å². The van der Waals surface area contributed by atoms with Crippen LogP contribution in [-0.2, 0) is 0 Å². The molecule has 3 N–H and O–H groups in total. The first-order valence-electron chi connectivity index (χ1n) is 5.03. The fourth-order valence-electron chi connectivity index (χ4n) is 1.44. The predicted octanol–water partition coefficient (Wildman–Crippen LogP) is 2.77. The lowest BCUT2D eigenvalue weighted by Gasteiger charge is -2.07. The van der Waals surface area contributed by atoms with Gasteiger partial charge in [-0.25, -0.2) is 9.97 Å². The molecule has 1 aromatic carbocycles. The second-order valence-electron chi connectivity index (χ2n) is 3.59. The largest absolute Gasteiger partial charge is 0.394 e. The third-order valence-corrected chi connectivity index (χ3v) is 2.57. The van der Waals surface area contributed by atoms with Gasteiger partial charge in [0.05, 0.1) is 11.4 Å². The van der Waals surface area contributed by atoms with Gasteiger partial charge in [-0.1, -0.05) is 41.9 Å². The number of nitrogens with two attached hydrogens (primary N) is 1. The molecule has 0 amide bonds. The van der Waals surface area contributed by atoms with Gasteiger partial charge in [0.25, 0.3) is 0 Å². The molecule has 0 unspecified atom stereocenters. The fourth-order valence-corrected chi connectivity index (χ4v) is 1.61. The highest BCUT2D eigenvalue weighted by Crippen LogP contribution is 2.24. The van der Waals surface area contributed by atoms with Crippen molar-refractivity contribution in [2.75, 3.05) is 5.73 Å². The molecule has 4 nitrogen and oxygen atoms in total. The highest BCUT2D eigenvalue weighted by molar-refractivity contribution is 6.32. The molecule has 0 radical (unpaired) electrons. The molecule has 0 spiro atoms. The third kappa shape index (κ3) is 2.26. The molecular weight excluding hydrogens is 236 g/mol. The average molecular weight is 247 g/mol. The Balaban J connectivity index is 2.61. The van der Waals surface area contributed by atoms with Crippen molar-refractivity contribution in [3.63, 3.8) is 0 Å². The summed E-state index contributed by atoms with van der Waals surface area (Å²) in [6.45, 7) is 1.61. The van der Waals surface area contributed by atoms with Crippen molar-refractivity contribution in [3.05, 3.63) is 41.2 Å². The normalized spacial score (nSPS) is 10.2. The minimum atomic E-state index is 0.181. The van der Waals surface area contributed by atoms with Crippen LogP contribution in [0.15, 0.2) is 30.3 Å². The van der Waals surface area contributed by atoms with Gasteiger partial charge in [-0.2, -0.15) is 0 Å². The number of nitrogen functional groups attached to an aromatic ring is 1. The molecular formula is C12H11ClN4. The molecule has 17 heavy (non-hydrogen) atoms. The number of rotatable bonds is 2. The lowest BCUT2D eigenvalue weighted by Crippen LogP contribution is -2.07. The summed E-state index contributed by atoms with van der Waals surface area (Å²) in [6.07, 6.45) is 0. The van der Waals surface area contributed by atoms with E-state index in [0.29, 0.717) is 11.5 Å². The smallest absolute Gasteiger partial charge is 0.161 e. The quantitative estimate of drug-likeness (QED) is 0.632. The van der Waals surface area contributed by atoms with Gasteiger partial charge in [-0.3, -0.25) is 0 Å². The number of nitrogens with one attached hydrogen (secondary N) is 1. The van der Waals surface area contributed by atoms with Gasteiger partial charge in [0, 0.05) is 5.56 Å². The van der Waals surface area contributed by atoms with Crippen LogP contribution in [0.3, 0.4) is 0 Å². The molecule has 5 heteroatoms. The van der Waals surface area contributed by atoms with Crippen LogP contribution < -0.4 is 5.73 Å². The van der Waals surface area contributed by atoms with E-state index >= 15 is 0 Å². The number of hydrogen-bond donors (Lipinski definition) is 2. The molecule has 86 valence electrons. The van der Waals surface area contributed by atoms with E-state index in [-0.39, 0.29) is 16.6 Å². The topological polar surface area (TPSA) is 75.7 Å². The first-order valence-corrected chi connectivity index (χ1v) is 5.41. The monoisotopic (exact) mass is 246 g/mol. The van der Waals surface area contributed by atoms with Crippen LogP contribution in [0, 0.1) is 5.41 Å². The number of nitrogens with zero attached hydrogens (tertiary/aromatic N) is 2. The highest BCUT2D eigenvalue weighted by atomic mass is 35.5. The van der Waals surface area contributed by atoms with Gasteiger partial charge in [0.1, 0.15) is 5.69 Å². The Morgan fingerprint density at radius 3 is 2.47 bits per heavy atom. The van der Waals surface area contributed by atoms with Crippen molar-refractivity contribution >= 4 is 23.0 Å². The van der Waals surface area contributed by atoms with Crippen LogP contribution in [0.5, 0.6) is 0 Å². The number of anilines is 1. The average Bonchev–Trinajstić information content (AvgIpc) is 2.33. The minimum Gasteiger partial charge on any atom is -0.394 e. The zero-order valence-corrected chi connectivity index (χ0v) is 9.99. The molecule has 1 heterocycles. The van der Waals surface area contributed by atoms with Gasteiger partial charge in [0.2, 0.25) is 0 Å². The summed E-state index contributed by atoms with van der Waals surface area (Å²) in [5.41, 5.74) is 7.47. The van der Waals surface area contributed by atoms with E-state index in [0.717, 1.165) is 5.56 Å². The molecule has 2 rings (SSSR count). The van der Waals surface area contributed by atoms with Crippen molar-refractivity contribution < 1.29 is 0 Å². The van der Waals surface area contributed by atoms with Crippen molar-refractivity contribution in [3.8, 4) is 11.4 Å². The van der Waals surface area contributed by atoms with E-state index in [9.17, 15) is 0 Å². The van der Waals surface area contributed by atoms with Crippen LogP contribution in [0.25, 0.3) is 11.4 Å². The molecule has 0 aliphatic heterocycles. The second kappa shape index (κ2) is 4.51. The minimum absolute atomic E-state index is 0.181. The summed E-state index contributed by atoms with van der Waals surface area (Å²) in [6, 6.07) is 9.45. The number of hydrogen-bond acceptors (Lipinski definition) is 4. The van der Waals surface area contributed by atoms with E-state index in [4.69, 9.17) is 22.7 Å². The predicted molar refractivity (Wildman–Crippen MR) is 69.4 cm³/mol. The molecule has 0 bridgehead atoms. The first kappa shape index (κ1) is 11.5. The summed E-state index contributed by atoms with van der Waals surface area (Å²) < 4.78 is 0. The lowest BCUT2D eigenvalue weighted by molar-refractivity contribution is 1.16. The van der Waals surface area contributed by atoms with Gasteiger partial charge in [0.15, 0.2) is 11.0 Å². The number of halogens is 1. The summed E-state index contributed by atoms with van der Waals surface area (Å²) in [7, 11) is 0. The van der Waals surface area contributed by atoms with Gasteiger partial charge in [-0.15, -0.1) is 0 Å². The molecule has 0 saturated carbocycles. The highest BCUT2D eigenvalue weighted by Gasteiger charge is 2.12. The van der Waals surface area contributed by atoms with E-state index < -0.39 is 0 Å². The van der Waals surface area contributed by atoms with E-state index in [1.54, 1.807) is 6.92 Å². The molecule has 1 aromatic heterocycles. The van der Waals surface area contributed by atoms with Crippen molar-refractivity contribution in [1.82, 2.24) is 9.97 Å². The first-order chi connectivity index (χ1) is 8.09. The molecule has 0 atom stereocenters. The Hall–Kier alpha value is -1.94.